The van der Waals surface area contributed by atoms with Gasteiger partial charge in [0, 0.05) is 55.7 Å². The summed E-state index contributed by atoms with van der Waals surface area (Å²) < 4.78 is 11.8. The van der Waals surface area contributed by atoms with Crippen molar-refractivity contribution in [3.8, 4) is 11.5 Å². The number of carbonyl (C=O) groups is 2. The molecule has 0 aliphatic carbocycles. The monoisotopic (exact) mass is 489 g/mol. The maximum absolute atomic E-state index is 12.9. The number of likely N-dealkylation sites (tertiary alicyclic amines) is 1. The number of fused-ring (bicyclic) bond motifs is 3. The van der Waals surface area contributed by atoms with Crippen LogP contribution in [0.3, 0.4) is 0 Å². The molecule has 1 fully saturated rings. The van der Waals surface area contributed by atoms with Crippen molar-refractivity contribution in [3.63, 3.8) is 0 Å². The van der Waals surface area contributed by atoms with Gasteiger partial charge in [0.25, 0.3) is 0 Å². The number of aromatic nitrogens is 1. The molecule has 0 unspecified atom stereocenters. The second kappa shape index (κ2) is 10.8. The number of nitrogens with zero attached hydrogens (tertiary/aromatic N) is 4. The van der Waals surface area contributed by atoms with E-state index < -0.39 is 0 Å². The van der Waals surface area contributed by atoms with Crippen LogP contribution in [0.15, 0.2) is 53.5 Å². The van der Waals surface area contributed by atoms with Crippen molar-refractivity contribution in [2.75, 3.05) is 45.2 Å². The van der Waals surface area contributed by atoms with Gasteiger partial charge in [0.15, 0.2) is 17.3 Å². The highest BCUT2D eigenvalue weighted by atomic mass is 16.5. The Morgan fingerprint density at radius 3 is 2.78 bits per heavy atom. The van der Waals surface area contributed by atoms with Crippen molar-refractivity contribution in [3.05, 3.63) is 59.7 Å². The number of hydrogen-bond acceptors (Lipinski definition) is 8. The molecule has 4 heterocycles. The number of piperidine rings is 1. The fraction of sp³-hybridized carbons (Fsp3) is 0.407. The number of pyridine rings is 1. The molecule has 3 aliphatic heterocycles. The van der Waals surface area contributed by atoms with Gasteiger partial charge < -0.3 is 24.6 Å². The molecule has 0 atom stereocenters. The zero-order valence-corrected chi connectivity index (χ0v) is 20.5. The first-order chi connectivity index (χ1) is 17.7. The molecule has 1 N–H and O–H groups in total. The quantitative estimate of drug-likeness (QED) is 0.345. The molecule has 188 valence electrons. The topological polar surface area (TPSA) is 96.4 Å². The molecule has 1 aromatic carbocycles. The third-order valence-electron chi connectivity index (χ3n) is 6.67. The van der Waals surface area contributed by atoms with Crippen LogP contribution >= 0.6 is 0 Å². The van der Waals surface area contributed by atoms with Crippen LogP contribution in [0.1, 0.15) is 48.0 Å². The molecular weight excluding hydrogens is 458 g/mol. The lowest BCUT2D eigenvalue weighted by Gasteiger charge is -2.32. The maximum atomic E-state index is 12.9. The molecule has 0 radical (unpaired) electrons. The Bertz CT molecular complexity index is 1190. The van der Waals surface area contributed by atoms with E-state index in [4.69, 9.17) is 9.47 Å². The second-order valence-electron chi connectivity index (χ2n) is 9.03. The average molecular weight is 490 g/mol. The average Bonchev–Trinajstić information content (AvgIpc) is 3.42. The second-order valence-corrected chi connectivity index (χ2v) is 9.03. The summed E-state index contributed by atoms with van der Waals surface area (Å²) >= 11 is 0. The van der Waals surface area contributed by atoms with E-state index in [2.05, 4.69) is 15.3 Å². The van der Waals surface area contributed by atoms with E-state index >= 15 is 0 Å². The van der Waals surface area contributed by atoms with E-state index in [1.165, 1.54) is 6.42 Å². The first-order valence-electron chi connectivity index (χ1n) is 12.5. The zero-order valence-electron chi connectivity index (χ0n) is 20.5. The van der Waals surface area contributed by atoms with Crippen molar-refractivity contribution in [1.29, 1.82) is 0 Å². The number of benzene rings is 1. The number of aliphatic imine (C=N–C) groups is 1. The van der Waals surface area contributed by atoms with Crippen LogP contribution < -0.4 is 14.8 Å². The number of rotatable bonds is 8. The van der Waals surface area contributed by atoms with Gasteiger partial charge in [-0.2, -0.15) is 0 Å². The van der Waals surface area contributed by atoms with Crippen LogP contribution in [0.2, 0.25) is 0 Å². The third-order valence-corrected chi connectivity index (χ3v) is 6.67. The fourth-order valence-electron chi connectivity index (χ4n) is 4.84. The number of amides is 1. The van der Waals surface area contributed by atoms with E-state index in [0.717, 1.165) is 37.3 Å². The van der Waals surface area contributed by atoms with Gasteiger partial charge in [-0.3, -0.25) is 19.6 Å². The normalized spacial score (nSPS) is 17.7. The Morgan fingerprint density at radius 1 is 1.14 bits per heavy atom. The fourth-order valence-corrected chi connectivity index (χ4v) is 4.84. The smallest absolute Gasteiger partial charge is 0.222 e. The van der Waals surface area contributed by atoms with Crippen LogP contribution in [-0.4, -0.2) is 72.2 Å². The van der Waals surface area contributed by atoms with Gasteiger partial charge in [-0.05, 0) is 49.9 Å². The Labute approximate surface area is 210 Å². The number of methoxy groups -OCH3 is 1. The minimum atomic E-state index is -0.148. The van der Waals surface area contributed by atoms with Crippen LogP contribution in [0.25, 0.3) is 0 Å². The highest BCUT2D eigenvalue weighted by molar-refractivity contribution is 6.11. The van der Waals surface area contributed by atoms with Crippen molar-refractivity contribution in [2.24, 2.45) is 4.99 Å². The van der Waals surface area contributed by atoms with Crippen molar-refractivity contribution < 1.29 is 19.1 Å². The number of hydrogen-bond donors (Lipinski definition) is 1. The van der Waals surface area contributed by atoms with E-state index in [1.807, 2.05) is 21.9 Å². The van der Waals surface area contributed by atoms with Crippen molar-refractivity contribution >= 4 is 23.2 Å². The maximum Gasteiger partial charge on any atom is 0.222 e. The molecule has 0 saturated carbocycles. The molecule has 0 spiro atoms. The number of anilines is 1. The zero-order chi connectivity index (χ0) is 24.9. The molecular formula is C27H31N5O4. The number of ether oxygens (including phenoxy) is 2. The van der Waals surface area contributed by atoms with Gasteiger partial charge in [-0.1, -0.05) is 0 Å². The molecule has 36 heavy (non-hydrogen) atoms. The Hall–Kier alpha value is -3.88. The van der Waals surface area contributed by atoms with Crippen LogP contribution in [0.5, 0.6) is 11.5 Å². The SMILES string of the molecule is COc1c(OCCCC(=O)N2CCCCC2)ccc2c1NC(=CC(=O)c1cccnc1)N1CCN=C21. The summed E-state index contributed by atoms with van der Waals surface area (Å²) in [5.74, 6) is 2.61. The van der Waals surface area contributed by atoms with Crippen LogP contribution in [-0.2, 0) is 4.79 Å². The van der Waals surface area contributed by atoms with Gasteiger partial charge >= 0.3 is 0 Å². The molecule has 1 saturated heterocycles. The summed E-state index contributed by atoms with van der Waals surface area (Å²) in [6.45, 7) is 3.46. The lowest BCUT2D eigenvalue weighted by molar-refractivity contribution is -0.132. The Kier molecular flexibility index (Phi) is 7.16. The minimum absolute atomic E-state index is 0.148. The molecule has 2 aromatic rings. The summed E-state index contributed by atoms with van der Waals surface area (Å²) in [7, 11) is 1.59. The molecule has 1 amide bonds. The van der Waals surface area contributed by atoms with Gasteiger partial charge in [0.2, 0.25) is 5.91 Å². The van der Waals surface area contributed by atoms with Crippen LogP contribution in [0, 0.1) is 0 Å². The standard InChI is InChI=1S/C27H31N5O4/c1-35-26-22(36-16-6-8-24(34)31-13-3-2-4-14-31)10-9-20-25(26)30-23(32-15-12-29-27(20)32)17-21(33)19-7-5-11-28-18-19/h5,7,9-11,17-18,30H,2-4,6,8,12-16H2,1H3. The van der Waals surface area contributed by atoms with E-state index in [-0.39, 0.29) is 11.7 Å². The first kappa shape index (κ1) is 23.8. The Morgan fingerprint density at radius 2 is 2.00 bits per heavy atom. The molecule has 1 aromatic heterocycles. The van der Waals surface area contributed by atoms with E-state index in [0.29, 0.717) is 61.1 Å². The summed E-state index contributed by atoms with van der Waals surface area (Å²) in [5, 5.41) is 3.38. The van der Waals surface area contributed by atoms with Gasteiger partial charge in [-0.15, -0.1) is 0 Å². The number of nitrogens with one attached hydrogen (secondary N) is 1. The molecule has 3 aliphatic rings. The summed E-state index contributed by atoms with van der Waals surface area (Å²) in [6.07, 6.45) is 9.26. The summed E-state index contributed by atoms with van der Waals surface area (Å²) in [4.78, 5) is 38.0. The summed E-state index contributed by atoms with van der Waals surface area (Å²) in [6, 6.07) is 7.31. The predicted octanol–water partition coefficient (Wildman–Crippen LogP) is 3.47. The third kappa shape index (κ3) is 4.91. The summed E-state index contributed by atoms with van der Waals surface area (Å²) in [5.41, 5.74) is 2.11. The van der Waals surface area contributed by atoms with E-state index in [1.54, 1.807) is 37.7 Å². The van der Waals surface area contributed by atoms with Gasteiger partial charge in [-0.25, -0.2) is 0 Å². The van der Waals surface area contributed by atoms with Crippen molar-refractivity contribution in [1.82, 2.24) is 14.8 Å². The molecule has 0 bridgehead atoms. The largest absolute Gasteiger partial charge is 0.491 e. The molecule has 5 rings (SSSR count). The lowest BCUT2D eigenvalue weighted by atomic mass is 10.1. The number of ketones is 1. The Balaban J connectivity index is 1.31. The lowest BCUT2D eigenvalue weighted by Crippen LogP contribution is -2.36. The highest BCUT2D eigenvalue weighted by Gasteiger charge is 2.33. The number of allylic oxidation sites excluding steroid dienone is 1. The van der Waals surface area contributed by atoms with E-state index in [9.17, 15) is 9.59 Å². The highest BCUT2D eigenvalue weighted by Crippen LogP contribution is 2.43. The first-order valence-corrected chi connectivity index (χ1v) is 12.5. The number of carbonyl (C=O) groups excluding carboxylic acids is 2. The molecule has 9 nitrogen and oxygen atoms in total. The minimum Gasteiger partial charge on any atom is -0.491 e. The molecule has 9 heteroatoms. The van der Waals surface area contributed by atoms with Crippen molar-refractivity contribution in [2.45, 2.75) is 32.1 Å². The van der Waals surface area contributed by atoms with Gasteiger partial charge in [0.05, 0.1) is 25.9 Å². The number of amidine groups is 1. The van der Waals surface area contributed by atoms with Gasteiger partial charge in [0.1, 0.15) is 11.7 Å². The predicted molar refractivity (Wildman–Crippen MR) is 137 cm³/mol. The van der Waals surface area contributed by atoms with Crippen LogP contribution in [0.4, 0.5) is 5.69 Å².